The van der Waals surface area contributed by atoms with Gasteiger partial charge in [-0.3, -0.25) is 0 Å². The lowest BCUT2D eigenvalue weighted by molar-refractivity contribution is 0.186. The minimum atomic E-state index is -0.132. The number of ether oxygens (including phenoxy) is 2. The van der Waals surface area contributed by atoms with Crippen LogP contribution in [0.2, 0.25) is 0 Å². The number of amidine groups is 1. The van der Waals surface area contributed by atoms with E-state index >= 15 is 0 Å². The smallest absolute Gasteiger partial charge is 0.139 e. The average molecular weight is 162 g/mol. The van der Waals surface area contributed by atoms with Gasteiger partial charge in [-0.15, -0.1) is 0 Å². The van der Waals surface area contributed by atoms with Gasteiger partial charge in [0, 0.05) is 14.2 Å². The fourth-order valence-electron chi connectivity index (χ4n) is 0.460. The molecule has 0 aliphatic rings. The molecule has 0 saturated heterocycles. The number of rotatable bonds is 5. The summed E-state index contributed by atoms with van der Waals surface area (Å²) in [5.41, 5.74) is 0. The van der Waals surface area contributed by atoms with Gasteiger partial charge in [0.1, 0.15) is 25.9 Å². The van der Waals surface area contributed by atoms with Gasteiger partial charge in [0.15, 0.2) is 0 Å². The molecule has 5 nitrogen and oxygen atoms in total. The van der Waals surface area contributed by atoms with Gasteiger partial charge in [0.2, 0.25) is 0 Å². The minimum absolute atomic E-state index is 0.132. The number of hydrogen-bond donors (Lipinski definition) is 2. The van der Waals surface area contributed by atoms with Crippen molar-refractivity contribution >= 4 is 5.84 Å². The molecule has 0 atom stereocenters. The molecule has 0 aromatic carbocycles. The Morgan fingerprint density at radius 3 is 2.64 bits per heavy atom. The first-order valence-electron chi connectivity index (χ1n) is 3.21. The quantitative estimate of drug-likeness (QED) is 0.315. The summed E-state index contributed by atoms with van der Waals surface area (Å²) in [6.45, 7) is 0.447. The molecule has 66 valence electrons. The molecule has 0 radical (unpaired) electrons. The van der Waals surface area contributed by atoms with E-state index in [1.807, 2.05) is 0 Å². The summed E-state index contributed by atoms with van der Waals surface area (Å²) < 4.78 is 9.38. The second-order valence-electron chi connectivity index (χ2n) is 1.79. The van der Waals surface area contributed by atoms with E-state index in [0.717, 1.165) is 0 Å². The second kappa shape index (κ2) is 7.46. The Balaban J connectivity index is 3.55. The van der Waals surface area contributed by atoms with Crippen molar-refractivity contribution in [2.24, 2.45) is 4.99 Å². The lowest BCUT2D eigenvalue weighted by Crippen LogP contribution is -2.28. The van der Waals surface area contributed by atoms with Crippen LogP contribution in [0.15, 0.2) is 4.99 Å². The number of nitrogens with zero attached hydrogens (tertiary/aromatic N) is 1. The van der Waals surface area contributed by atoms with Gasteiger partial charge in [-0.2, -0.15) is 0 Å². The van der Waals surface area contributed by atoms with Crippen molar-refractivity contribution in [3.8, 4) is 0 Å². The SMILES string of the molecule is COCN=C(CO)NCOC. The van der Waals surface area contributed by atoms with Crippen LogP contribution in [0.3, 0.4) is 0 Å². The van der Waals surface area contributed by atoms with Crippen LogP contribution < -0.4 is 5.32 Å². The Morgan fingerprint density at radius 2 is 2.18 bits per heavy atom. The maximum atomic E-state index is 8.67. The number of nitrogens with one attached hydrogen (secondary N) is 1. The molecule has 0 bridgehead atoms. The molecule has 0 rings (SSSR count). The normalized spacial score (nSPS) is 11.7. The lowest BCUT2D eigenvalue weighted by Gasteiger charge is -2.05. The first-order valence-corrected chi connectivity index (χ1v) is 3.21. The third-order valence-corrected chi connectivity index (χ3v) is 0.955. The zero-order chi connectivity index (χ0) is 8.53. The topological polar surface area (TPSA) is 63.1 Å². The summed E-state index contributed by atoms with van der Waals surface area (Å²) in [5.74, 6) is 0.466. The van der Waals surface area contributed by atoms with E-state index in [9.17, 15) is 0 Å². The number of methoxy groups -OCH3 is 2. The highest BCUT2D eigenvalue weighted by Crippen LogP contribution is 1.75. The summed E-state index contributed by atoms with van der Waals surface area (Å²) in [7, 11) is 3.09. The molecule has 0 saturated carbocycles. The van der Waals surface area contributed by atoms with Crippen molar-refractivity contribution in [2.75, 3.05) is 34.3 Å². The van der Waals surface area contributed by atoms with E-state index < -0.39 is 0 Å². The molecule has 0 aliphatic heterocycles. The van der Waals surface area contributed by atoms with Crippen LogP contribution in [0.25, 0.3) is 0 Å². The van der Waals surface area contributed by atoms with Crippen LogP contribution in [0.1, 0.15) is 0 Å². The number of hydrogen-bond acceptors (Lipinski definition) is 4. The maximum Gasteiger partial charge on any atom is 0.139 e. The van der Waals surface area contributed by atoms with E-state index in [0.29, 0.717) is 12.6 Å². The molecular formula is C6H14N2O3. The average Bonchev–Trinajstić information content (AvgIpc) is 2.05. The van der Waals surface area contributed by atoms with Crippen LogP contribution >= 0.6 is 0 Å². The van der Waals surface area contributed by atoms with Crippen LogP contribution in [0.5, 0.6) is 0 Å². The third-order valence-electron chi connectivity index (χ3n) is 0.955. The van der Waals surface area contributed by atoms with E-state index in [4.69, 9.17) is 9.84 Å². The van der Waals surface area contributed by atoms with Crippen LogP contribution in [0.4, 0.5) is 0 Å². The van der Waals surface area contributed by atoms with Gasteiger partial charge in [-0.25, -0.2) is 4.99 Å². The van der Waals surface area contributed by atoms with Crippen LogP contribution in [0, 0.1) is 0 Å². The van der Waals surface area contributed by atoms with E-state index in [1.165, 1.54) is 7.11 Å². The zero-order valence-electron chi connectivity index (χ0n) is 6.83. The molecule has 0 heterocycles. The van der Waals surface area contributed by atoms with E-state index in [1.54, 1.807) is 7.11 Å². The molecule has 0 unspecified atom stereocenters. The first kappa shape index (κ1) is 10.3. The van der Waals surface area contributed by atoms with Crippen LogP contribution in [-0.4, -0.2) is 45.2 Å². The Morgan fingerprint density at radius 1 is 1.45 bits per heavy atom. The molecule has 0 amide bonds. The standard InChI is InChI=1S/C6H14N2O3/c1-10-4-7-6(3-9)8-5-11-2/h9H,3-5H2,1-2H3,(H,7,8). The first-order chi connectivity index (χ1) is 5.35. The fourth-order valence-corrected chi connectivity index (χ4v) is 0.460. The molecule has 11 heavy (non-hydrogen) atoms. The number of aliphatic hydroxyl groups excluding tert-OH is 1. The van der Waals surface area contributed by atoms with E-state index in [-0.39, 0.29) is 13.3 Å². The molecule has 0 spiro atoms. The summed E-state index contributed by atoms with van der Waals surface area (Å²) >= 11 is 0. The van der Waals surface area contributed by atoms with Gasteiger partial charge in [0.05, 0.1) is 0 Å². The number of aliphatic imine (C=N–C) groups is 1. The van der Waals surface area contributed by atoms with Gasteiger partial charge in [-0.1, -0.05) is 0 Å². The largest absolute Gasteiger partial charge is 0.388 e. The Labute approximate surface area is 66.0 Å². The van der Waals surface area contributed by atoms with Gasteiger partial charge in [0.25, 0.3) is 0 Å². The zero-order valence-corrected chi connectivity index (χ0v) is 6.83. The lowest BCUT2D eigenvalue weighted by atomic mass is 10.6. The van der Waals surface area contributed by atoms with Crippen molar-refractivity contribution in [3.63, 3.8) is 0 Å². The third kappa shape index (κ3) is 5.78. The predicted octanol–water partition coefficient (Wildman–Crippen LogP) is -0.825. The van der Waals surface area contributed by atoms with Gasteiger partial charge >= 0.3 is 0 Å². The fraction of sp³-hybridized carbons (Fsp3) is 0.833. The van der Waals surface area contributed by atoms with Gasteiger partial charge in [-0.05, 0) is 0 Å². The highest BCUT2D eigenvalue weighted by Gasteiger charge is 1.92. The summed E-state index contributed by atoms with van der Waals surface area (Å²) in [6, 6.07) is 0. The van der Waals surface area contributed by atoms with Crippen molar-refractivity contribution in [3.05, 3.63) is 0 Å². The maximum absolute atomic E-state index is 8.67. The molecule has 0 aromatic heterocycles. The summed E-state index contributed by atoms with van der Waals surface area (Å²) in [4.78, 5) is 3.85. The summed E-state index contributed by atoms with van der Waals surface area (Å²) in [6.07, 6.45) is 0. The predicted molar refractivity (Wildman–Crippen MR) is 41.4 cm³/mol. The molecular weight excluding hydrogens is 148 g/mol. The molecule has 5 heteroatoms. The van der Waals surface area contributed by atoms with E-state index in [2.05, 4.69) is 15.0 Å². The highest BCUT2D eigenvalue weighted by molar-refractivity contribution is 5.82. The number of aliphatic hydroxyl groups is 1. The Hall–Kier alpha value is -0.650. The molecule has 0 aromatic rings. The monoisotopic (exact) mass is 162 g/mol. The minimum Gasteiger partial charge on any atom is -0.388 e. The highest BCUT2D eigenvalue weighted by atomic mass is 16.5. The second-order valence-corrected chi connectivity index (χ2v) is 1.79. The molecule has 2 N–H and O–H groups in total. The van der Waals surface area contributed by atoms with Crippen molar-refractivity contribution in [2.45, 2.75) is 0 Å². The Bertz CT molecular complexity index is 116. The Kier molecular flexibility index (Phi) is 7.02. The van der Waals surface area contributed by atoms with Crippen molar-refractivity contribution < 1.29 is 14.6 Å². The molecule has 0 aliphatic carbocycles. The van der Waals surface area contributed by atoms with Crippen molar-refractivity contribution in [1.29, 1.82) is 0 Å². The van der Waals surface area contributed by atoms with Gasteiger partial charge < -0.3 is 19.9 Å². The van der Waals surface area contributed by atoms with Crippen molar-refractivity contribution in [1.82, 2.24) is 5.32 Å². The molecule has 0 fully saturated rings. The summed E-state index contributed by atoms with van der Waals surface area (Å²) in [5, 5.41) is 11.4. The van der Waals surface area contributed by atoms with Crippen LogP contribution in [-0.2, 0) is 9.47 Å².